The van der Waals surface area contributed by atoms with E-state index in [-0.39, 0.29) is 12.8 Å². The maximum atomic E-state index is 12.4. The Bertz CT molecular complexity index is 1120. The molecule has 19 heteroatoms. The number of phosphoric acid groups is 2. The second-order valence-corrected chi connectivity index (χ2v) is 16.0. The number of hydrogen-bond donors (Lipinski definition) is 3. The Balaban J connectivity index is 4.47. The summed E-state index contributed by atoms with van der Waals surface area (Å²) in [4.78, 5) is 66.6. The molecular formula is C35H66O17P2. The largest absolute Gasteiger partial charge is 0.472 e. The lowest BCUT2D eigenvalue weighted by atomic mass is 10.0. The van der Waals surface area contributed by atoms with E-state index in [1.807, 2.05) is 0 Å². The molecule has 318 valence electrons. The molecule has 0 aliphatic rings. The van der Waals surface area contributed by atoms with E-state index in [2.05, 4.69) is 11.4 Å². The summed E-state index contributed by atoms with van der Waals surface area (Å²) in [7, 11) is -9.72. The highest BCUT2D eigenvalue weighted by Gasteiger charge is 2.30. The number of phosphoric ester groups is 2. The summed E-state index contributed by atoms with van der Waals surface area (Å²) in [5.74, 6) is -2.61. The Morgan fingerprint density at radius 3 is 1.31 bits per heavy atom. The van der Waals surface area contributed by atoms with E-state index in [0.717, 1.165) is 39.5 Å². The molecule has 0 aromatic carbocycles. The molecule has 0 saturated heterocycles. The van der Waals surface area contributed by atoms with Crippen LogP contribution < -0.4 is 0 Å². The number of carbonyl (C=O) groups excluding carboxylic acids is 4. The van der Waals surface area contributed by atoms with Crippen LogP contribution in [0.2, 0.25) is 0 Å². The van der Waals surface area contributed by atoms with Crippen molar-refractivity contribution >= 4 is 39.5 Å². The minimum absolute atomic E-state index is 0.101. The molecule has 0 rings (SSSR count). The highest BCUT2D eigenvalue weighted by Crippen LogP contribution is 2.45. The first-order valence-corrected chi connectivity index (χ1v) is 22.2. The van der Waals surface area contributed by atoms with Gasteiger partial charge in [0, 0.05) is 26.7 Å². The number of rotatable bonds is 36. The van der Waals surface area contributed by atoms with Crippen molar-refractivity contribution in [2.24, 2.45) is 0 Å². The molecule has 0 amide bonds. The van der Waals surface area contributed by atoms with Gasteiger partial charge in [0.1, 0.15) is 19.3 Å². The van der Waals surface area contributed by atoms with Gasteiger partial charge >= 0.3 is 39.5 Å². The van der Waals surface area contributed by atoms with Gasteiger partial charge in [-0.3, -0.25) is 37.3 Å². The van der Waals surface area contributed by atoms with Gasteiger partial charge in [0.2, 0.25) is 0 Å². The van der Waals surface area contributed by atoms with E-state index in [0.29, 0.717) is 12.8 Å². The molecule has 0 heterocycles. The molecule has 0 radical (unpaired) electrons. The Labute approximate surface area is 320 Å². The maximum absolute atomic E-state index is 12.4. The second kappa shape index (κ2) is 32.2. The zero-order valence-corrected chi connectivity index (χ0v) is 34.4. The molecule has 0 bridgehead atoms. The molecule has 54 heavy (non-hydrogen) atoms. The summed E-state index contributed by atoms with van der Waals surface area (Å²) in [6.07, 6.45) is 14.2. The molecule has 0 saturated carbocycles. The summed E-state index contributed by atoms with van der Waals surface area (Å²) in [5, 5.41) is 10.1. The number of unbranched alkanes of at least 4 members (excludes halogenated alkanes) is 14. The van der Waals surface area contributed by atoms with Gasteiger partial charge in [-0.25, -0.2) is 9.13 Å². The van der Waals surface area contributed by atoms with Crippen LogP contribution in [0.4, 0.5) is 0 Å². The average molecular weight is 821 g/mol. The Morgan fingerprint density at radius 1 is 0.481 bits per heavy atom. The van der Waals surface area contributed by atoms with Crippen molar-refractivity contribution in [3.63, 3.8) is 0 Å². The summed E-state index contributed by atoms with van der Waals surface area (Å²) in [6, 6.07) is 0. The first-order valence-electron chi connectivity index (χ1n) is 19.2. The highest BCUT2D eigenvalue weighted by atomic mass is 31.2. The number of ether oxygens (including phenoxy) is 4. The Kier molecular flexibility index (Phi) is 31.0. The number of aliphatic hydroxyl groups excluding tert-OH is 1. The third kappa shape index (κ3) is 33.4. The van der Waals surface area contributed by atoms with Crippen LogP contribution in [0.3, 0.4) is 0 Å². The molecule has 0 aromatic rings. The molecule has 5 atom stereocenters. The van der Waals surface area contributed by atoms with Crippen LogP contribution >= 0.6 is 15.6 Å². The van der Waals surface area contributed by atoms with Gasteiger partial charge in [-0.15, -0.1) is 0 Å². The number of carbonyl (C=O) groups is 4. The van der Waals surface area contributed by atoms with E-state index >= 15 is 0 Å². The zero-order valence-electron chi connectivity index (χ0n) is 32.7. The van der Waals surface area contributed by atoms with Crippen molar-refractivity contribution in [2.75, 3.05) is 39.6 Å². The molecular weight excluding hydrogens is 754 g/mol. The summed E-state index contributed by atoms with van der Waals surface area (Å²) in [5.41, 5.74) is 0. The van der Waals surface area contributed by atoms with Gasteiger partial charge in [-0.2, -0.15) is 0 Å². The van der Waals surface area contributed by atoms with E-state index in [1.165, 1.54) is 64.2 Å². The smallest absolute Gasteiger partial charge is 0.462 e. The summed E-state index contributed by atoms with van der Waals surface area (Å²) in [6.45, 7) is 2.13. The molecule has 0 aromatic heterocycles. The molecule has 0 aliphatic heterocycles. The predicted octanol–water partition coefficient (Wildman–Crippen LogP) is 6.63. The summed E-state index contributed by atoms with van der Waals surface area (Å²) >= 11 is 0. The standard InChI is InChI=1S/C35H66O17P2/c1-5-7-8-9-10-11-12-13-14-15-16-17-18-19-20-22-35(40)52-33(25-45-29(3)36)28-50-54(43,44)48-24-31(38)23-47-53(41,42)49-27-32(51-30(4)37)26-46-34(39)21-6-2/h31-33,38H,5-28H2,1-4H3,(H,41,42)(H,43,44)/t31-,32+,33+/m0/s1. The maximum Gasteiger partial charge on any atom is 0.472 e. The van der Waals surface area contributed by atoms with E-state index in [4.69, 9.17) is 32.5 Å². The van der Waals surface area contributed by atoms with Crippen LogP contribution in [-0.2, 0) is 65.4 Å². The third-order valence-corrected chi connectivity index (χ3v) is 9.58. The quantitative estimate of drug-likeness (QED) is 0.0260. The van der Waals surface area contributed by atoms with Crippen molar-refractivity contribution in [2.45, 2.75) is 162 Å². The fourth-order valence-electron chi connectivity index (χ4n) is 4.86. The topological polar surface area (TPSA) is 237 Å². The normalized spacial score (nSPS) is 15.3. The third-order valence-electron chi connectivity index (χ3n) is 7.68. The molecule has 0 aliphatic carbocycles. The van der Waals surface area contributed by atoms with Crippen molar-refractivity contribution in [1.29, 1.82) is 0 Å². The van der Waals surface area contributed by atoms with Gasteiger partial charge < -0.3 is 33.8 Å². The van der Waals surface area contributed by atoms with E-state index in [9.17, 15) is 43.2 Å². The van der Waals surface area contributed by atoms with Gasteiger partial charge in [-0.1, -0.05) is 104 Å². The Morgan fingerprint density at radius 2 is 0.889 bits per heavy atom. The lowest BCUT2D eigenvalue weighted by Crippen LogP contribution is -2.29. The lowest BCUT2D eigenvalue weighted by Gasteiger charge is -2.21. The minimum atomic E-state index is -4.87. The lowest BCUT2D eigenvalue weighted by molar-refractivity contribution is -0.160. The molecule has 3 N–H and O–H groups in total. The van der Waals surface area contributed by atoms with E-state index < -0.39 is 97.5 Å². The first kappa shape index (κ1) is 52.1. The number of esters is 4. The molecule has 0 spiro atoms. The van der Waals surface area contributed by atoms with Gasteiger partial charge in [0.05, 0.1) is 26.4 Å². The van der Waals surface area contributed by atoms with Crippen LogP contribution in [0.15, 0.2) is 0 Å². The van der Waals surface area contributed by atoms with Gasteiger partial charge in [-0.05, 0) is 12.8 Å². The van der Waals surface area contributed by atoms with Crippen LogP contribution in [0.1, 0.15) is 143 Å². The van der Waals surface area contributed by atoms with Crippen molar-refractivity contribution < 1.29 is 80.2 Å². The second-order valence-electron chi connectivity index (χ2n) is 13.1. The van der Waals surface area contributed by atoms with Crippen molar-refractivity contribution in [3.05, 3.63) is 0 Å². The SMILES string of the molecule is CCCCCCCCCCCCCCCCCC(=O)O[C@H](COC(C)=O)COP(=O)(O)OC[C@@H](O)COP(=O)(O)OC[C@@H](COC(=O)CCC)OC(C)=O. The van der Waals surface area contributed by atoms with Crippen molar-refractivity contribution in [3.8, 4) is 0 Å². The van der Waals surface area contributed by atoms with Crippen LogP contribution in [0.25, 0.3) is 0 Å². The Hall–Kier alpha value is -1.94. The van der Waals surface area contributed by atoms with Crippen molar-refractivity contribution in [1.82, 2.24) is 0 Å². The van der Waals surface area contributed by atoms with Gasteiger partial charge in [0.15, 0.2) is 12.2 Å². The van der Waals surface area contributed by atoms with Crippen LogP contribution in [0, 0.1) is 0 Å². The minimum Gasteiger partial charge on any atom is -0.462 e. The fraction of sp³-hybridized carbons (Fsp3) is 0.886. The van der Waals surface area contributed by atoms with Crippen LogP contribution in [0.5, 0.6) is 0 Å². The predicted molar refractivity (Wildman–Crippen MR) is 197 cm³/mol. The first-order chi connectivity index (χ1) is 25.6. The highest BCUT2D eigenvalue weighted by molar-refractivity contribution is 7.47. The summed E-state index contributed by atoms with van der Waals surface area (Å²) < 4.78 is 63.6. The van der Waals surface area contributed by atoms with Crippen LogP contribution in [-0.4, -0.2) is 96.7 Å². The van der Waals surface area contributed by atoms with Gasteiger partial charge in [0.25, 0.3) is 0 Å². The zero-order chi connectivity index (χ0) is 40.7. The monoisotopic (exact) mass is 820 g/mol. The van der Waals surface area contributed by atoms with E-state index in [1.54, 1.807) is 6.92 Å². The number of aliphatic hydroxyl groups is 1. The molecule has 2 unspecified atom stereocenters. The average Bonchev–Trinajstić information content (AvgIpc) is 3.10. The number of hydrogen-bond acceptors (Lipinski definition) is 15. The molecule has 0 fully saturated rings. The fourth-order valence-corrected chi connectivity index (χ4v) is 6.44. The molecule has 17 nitrogen and oxygen atoms in total.